The van der Waals surface area contributed by atoms with E-state index in [1.54, 1.807) is 0 Å². The molecule has 0 atom stereocenters. The molecule has 0 spiro atoms. The zero-order valence-corrected chi connectivity index (χ0v) is 28.7. The summed E-state index contributed by atoms with van der Waals surface area (Å²) >= 11 is 0. The zero-order chi connectivity index (χ0) is 34.6. The lowest BCUT2D eigenvalue weighted by atomic mass is 10.0. The number of para-hydroxylation sites is 4. The molecule has 0 saturated carbocycles. The summed E-state index contributed by atoms with van der Waals surface area (Å²) in [6.07, 6.45) is 0. The second-order valence-corrected chi connectivity index (χ2v) is 13.5. The van der Waals surface area contributed by atoms with Crippen LogP contribution in [0, 0.1) is 6.92 Å². The Morgan fingerprint density at radius 3 is 1.75 bits per heavy atom. The highest BCUT2D eigenvalue weighted by Gasteiger charge is 2.17. The zero-order valence-electron chi connectivity index (χ0n) is 28.7. The van der Waals surface area contributed by atoms with Crippen molar-refractivity contribution in [2.45, 2.75) is 6.92 Å². The van der Waals surface area contributed by atoms with Crippen molar-refractivity contribution in [1.82, 2.24) is 4.57 Å². The molecule has 0 bridgehead atoms. The van der Waals surface area contributed by atoms with Gasteiger partial charge in [0, 0.05) is 49.9 Å². The van der Waals surface area contributed by atoms with Crippen molar-refractivity contribution in [2.24, 2.45) is 0 Å². The average Bonchev–Trinajstić information content (AvgIpc) is 3.75. The first-order valence-corrected chi connectivity index (χ1v) is 17.8. The minimum absolute atomic E-state index is 0.912. The van der Waals surface area contributed by atoms with Gasteiger partial charge in [0.05, 0.1) is 11.0 Å². The summed E-state index contributed by atoms with van der Waals surface area (Å²) in [5.41, 5.74) is 14.5. The number of nitrogens with zero attached hydrogens (tertiary/aromatic N) is 2. The highest BCUT2D eigenvalue weighted by atomic mass is 16.3. The van der Waals surface area contributed by atoms with Crippen LogP contribution in [0.1, 0.15) is 5.56 Å². The molecule has 0 aliphatic carbocycles. The smallest absolute Gasteiger partial charge is 0.143 e. The maximum absolute atomic E-state index is 6.37. The van der Waals surface area contributed by atoms with Crippen molar-refractivity contribution in [3.8, 4) is 27.9 Å². The Balaban J connectivity index is 1.03. The maximum Gasteiger partial charge on any atom is 0.143 e. The highest BCUT2D eigenvalue weighted by molar-refractivity contribution is 6.11. The van der Waals surface area contributed by atoms with Crippen LogP contribution >= 0.6 is 0 Å². The summed E-state index contributed by atoms with van der Waals surface area (Å²) in [5, 5.41) is 4.79. The van der Waals surface area contributed by atoms with Gasteiger partial charge in [-0.05, 0) is 96.4 Å². The number of hydrogen-bond acceptors (Lipinski definition) is 2. The Morgan fingerprint density at radius 2 is 1.00 bits per heavy atom. The molecule has 3 nitrogen and oxygen atoms in total. The molecule has 2 heterocycles. The molecule has 0 amide bonds. The molecule has 0 aliphatic heterocycles. The van der Waals surface area contributed by atoms with Crippen LogP contribution in [-0.4, -0.2) is 4.57 Å². The first kappa shape index (κ1) is 30.0. The molecule has 0 unspecified atom stereocenters. The van der Waals surface area contributed by atoms with E-state index < -0.39 is 0 Å². The summed E-state index contributed by atoms with van der Waals surface area (Å²) in [4.78, 5) is 2.32. The fourth-order valence-corrected chi connectivity index (χ4v) is 7.72. The number of anilines is 3. The number of rotatable bonds is 6. The lowest BCUT2D eigenvalue weighted by Gasteiger charge is -2.26. The van der Waals surface area contributed by atoms with Crippen LogP contribution in [0.5, 0.6) is 0 Å². The molecule has 0 saturated heterocycles. The minimum atomic E-state index is 0.912. The summed E-state index contributed by atoms with van der Waals surface area (Å²) in [5.74, 6) is 0. The molecule has 0 aliphatic rings. The molecule has 3 heteroatoms. The van der Waals surface area contributed by atoms with Gasteiger partial charge in [0.2, 0.25) is 0 Å². The molecular formula is C49H34N2O. The van der Waals surface area contributed by atoms with Crippen LogP contribution in [0.4, 0.5) is 17.1 Å². The third kappa shape index (κ3) is 4.98. The number of benzene rings is 8. The largest absolute Gasteiger partial charge is 0.455 e. The van der Waals surface area contributed by atoms with Gasteiger partial charge in [-0.25, -0.2) is 0 Å². The summed E-state index contributed by atoms with van der Waals surface area (Å²) in [6, 6.07) is 67.3. The number of furan rings is 1. The van der Waals surface area contributed by atoms with Gasteiger partial charge in [0.15, 0.2) is 0 Å². The Bertz CT molecular complexity index is 2880. The molecule has 0 fully saturated rings. The Morgan fingerprint density at radius 1 is 0.423 bits per heavy atom. The van der Waals surface area contributed by atoms with Gasteiger partial charge < -0.3 is 13.9 Å². The number of aryl methyl sites for hydroxylation is 1. The normalized spacial score (nSPS) is 11.6. The standard InChI is InChI=1S/C49H34N2O/c1-33-18-25-38(26-19-33)50(40-29-22-35(23-30-40)41-14-9-15-44-43-13-6-8-17-48(43)52-49(41)44)39-27-20-34(21-28-39)36-24-31-47-45(32-36)42-12-5-7-16-46(42)51(47)37-10-3-2-4-11-37/h2-32H,1H3. The lowest BCUT2D eigenvalue weighted by molar-refractivity contribution is 0.670. The van der Waals surface area contributed by atoms with Crippen molar-refractivity contribution >= 4 is 60.8 Å². The molecule has 52 heavy (non-hydrogen) atoms. The Kier molecular flexibility index (Phi) is 7.04. The SMILES string of the molecule is Cc1ccc(N(c2ccc(-c3ccc4c(c3)c3ccccc3n4-c3ccccc3)cc2)c2ccc(-c3cccc4c3oc3ccccc34)cc2)cc1. The van der Waals surface area contributed by atoms with Crippen molar-refractivity contribution in [3.05, 3.63) is 194 Å². The predicted molar refractivity (Wildman–Crippen MR) is 218 cm³/mol. The predicted octanol–water partition coefficient (Wildman–Crippen LogP) is 13.8. The number of aromatic nitrogens is 1. The second-order valence-electron chi connectivity index (χ2n) is 13.5. The summed E-state index contributed by atoms with van der Waals surface area (Å²) in [6.45, 7) is 2.13. The first-order chi connectivity index (χ1) is 25.7. The van der Waals surface area contributed by atoms with E-state index in [0.29, 0.717) is 0 Å². The van der Waals surface area contributed by atoms with E-state index in [0.717, 1.165) is 50.1 Å². The fourth-order valence-electron chi connectivity index (χ4n) is 7.72. The van der Waals surface area contributed by atoms with Gasteiger partial charge in [-0.3, -0.25) is 0 Å². The van der Waals surface area contributed by atoms with Crippen molar-refractivity contribution in [1.29, 1.82) is 0 Å². The van der Waals surface area contributed by atoms with E-state index in [1.807, 2.05) is 12.1 Å². The van der Waals surface area contributed by atoms with E-state index in [4.69, 9.17) is 4.42 Å². The van der Waals surface area contributed by atoms with Crippen molar-refractivity contribution in [3.63, 3.8) is 0 Å². The maximum atomic E-state index is 6.37. The van der Waals surface area contributed by atoms with Gasteiger partial charge in [-0.1, -0.05) is 121 Å². The van der Waals surface area contributed by atoms with Crippen LogP contribution in [0.25, 0.3) is 71.7 Å². The molecule has 10 rings (SSSR count). The third-order valence-electron chi connectivity index (χ3n) is 10.3. The average molecular weight is 667 g/mol. The lowest BCUT2D eigenvalue weighted by Crippen LogP contribution is -2.09. The second kappa shape index (κ2) is 12.2. The molecular weight excluding hydrogens is 633 g/mol. The van der Waals surface area contributed by atoms with Crippen LogP contribution in [0.15, 0.2) is 192 Å². The number of hydrogen-bond donors (Lipinski definition) is 0. The summed E-state index contributed by atoms with van der Waals surface area (Å²) in [7, 11) is 0. The van der Waals surface area contributed by atoms with Crippen LogP contribution in [0.3, 0.4) is 0 Å². The Labute approximate surface area is 302 Å². The fraction of sp³-hybridized carbons (Fsp3) is 0.0204. The van der Waals surface area contributed by atoms with Gasteiger partial charge in [0.1, 0.15) is 11.2 Å². The van der Waals surface area contributed by atoms with E-state index >= 15 is 0 Å². The highest BCUT2D eigenvalue weighted by Crippen LogP contribution is 2.40. The van der Waals surface area contributed by atoms with Gasteiger partial charge in [0.25, 0.3) is 0 Å². The van der Waals surface area contributed by atoms with E-state index in [-0.39, 0.29) is 0 Å². The Hall–Kier alpha value is -6.84. The van der Waals surface area contributed by atoms with Crippen LogP contribution in [-0.2, 0) is 0 Å². The molecule has 0 radical (unpaired) electrons. The molecule has 0 N–H and O–H groups in total. The van der Waals surface area contributed by atoms with E-state index in [2.05, 4.69) is 192 Å². The topological polar surface area (TPSA) is 21.3 Å². The van der Waals surface area contributed by atoms with E-state index in [9.17, 15) is 0 Å². The molecule has 2 aromatic heterocycles. The third-order valence-corrected chi connectivity index (χ3v) is 10.3. The van der Waals surface area contributed by atoms with E-state index in [1.165, 1.54) is 44.2 Å². The van der Waals surface area contributed by atoms with Crippen LogP contribution in [0.2, 0.25) is 0 Å². The van der Waals surface area contributed by atoms with Crippen molar-refractivity contribution in [2.75, 3.05) is 4.90 Å². The summed E-state index contributed by atoms with van der Waals surface area (Å²) < 4.78 is 8.73. The molecule has 8 aromatic carbocycles. The van der Waals surface area contributed by atoms with Gasteiger partial charge in [-0.2, -0.15) is 0 Å². The first-order valence-electron chi connectivity index (χ1n) is 17.8. The monoisotopic (exact) mass is 666 g/mol. The molecule has 10 aromatic rings. The van der Waals surface area contributed by atoms with Gasteiger partial charge in [-0.15, -0.1) is 0 Å². The molecule has 246 valence electrons. The quantitative estimate of drug-likeness (QED) is 0.176. The van der Waals surface area contributed by atoms with Crippen LogP contribution < -0.4 is 4.90 Å². The van der Waals surface area contributed by atoms with Crippen molar-refractivity contribution < 1.29 is 4.42 Å². The van der Waals surface area contributed by atoms with Gasteiger partial charge >= 0.3 is 0 Å². The number of fused-ring (bicyclic) bond motifs is 6. The minimum Gasteiger partial charge on any atom is -0.455 e.